The van der Waals surface area contributed by atoms with E-state index >= 15 is 0 Å². The lowest BCUT2D eigenvalue weighted by molar-refractivity contribution is -0.122. The molecule has 0 aliphatic carbocycles. The number of aryl methyl sites for hydroxylation is 1. The molecule has 1 amide bonds. The molecule has 0 bridgehead atoms. The zero-order valence-corrected chi connectivity index (χ0v) is 17.0. The summed E-state index contributed by atoms with van der Waals surface area (Å²) in [6.45, 7) is 6.84. The van der Waals surface area contributed by atoms with Crippen LogP contribution in [0.5, 0.6) is 0 Å². The fourth-order valence-corrected chi connectivity index (χ4v) is 5.38. The molecule has 1 N–H and O–H groups in total. The lowest BCUT2D eigenvalue weighted by Gasteiger charge is -2.31. The van der Waals surface area contributed by atoms with Gasteiger partial charge in [-0.1, -0.05) is 17.7 Å². The molecule has 2 saturated heterocycles. The van der Waals surface area contributed by atoms with Crippen LogP contribution in [0, 0.1) is 12.8 Å². The van der Waals surface area contributed by atoms with Gasteiger partial charge in [-0.2, -0.15) is 4.31 Å². The molecule has 1 aromatic rings. The highest BCUT2D eigenvalue weighted by Gasteiger charge is 2.30. The molecule has 0 aromatic heterocycles. The van der Waals surface area contributed by atoms with Gasteiger partial charge in [-0.15, -0.1) is 0 Å². The van der Waals surface area contributed by atoms with E-state index in [4.69, 9.17) is 0 Å². The molecule has 2 fully saturated rings. The van der Waals surface area contributed by atoms with Crippen LogP contribution in [0.1, 0.15) is 37.7 Å². The fraction of sp³-hybridized carbons (Fsp3) is 0.650. The van der Waals surface area contributed by atoms with E-state index in [0.717, 1.165) is 38.0 Å². The average Bonchev–Trinajstić information content (AvgIpc) is 3.16. The molecule has 2 aliphatic rings. The summed E-state index contributed by atoms with van der Waals surface area (Å²) in [7, 11) is -3.43. The first-order valence-electron chi connectivity index (χ1n) is 10.0. The van der Waals surface area contributed by atoms with Crippen molar-refractivity contribution in [1.29, 1.82) is 0 Å². The number of rotatable bonds is 7. The highest BCUT2D eigenvalue weighted by atomic mass is 32.2. The van der Waals surface area contributed by atoms with E-state index in [1.165, 1.54) is 12.8 Å². The zero-order valence-electron chi connectivity index (χ0n) is 16.2. The topological polar surface area (TPSA) is 69.7 Å². The summed E-state index contributed by atoms with van der Waals surface area (Å²) in [6, 6.07) is 6.99. The number of carbonyl (C=O) groups is 1. The first kappa shape index (κ1) is 20.3. The number of carbonyl (C=O) groups excluding carboxylic acids is 1. The summed E-state index contributed by atoms with van der Waals surface area (Å²) in [5, 5.41) is 3.02. The van der Waals surface area contributed by atoms with Crippen molar-refractivity contribution >= 4 is 15.9 Å². The molecule has 7 heteroatoms. The highest BCUT2D eigenvalue weighted by Crippen LogP contribution is 2.25. The van der Waals surface area contributed by atoms with Crippen molar-refractivity contribution in [3.63, 3.8) is 0 Å². The van der Waals surface area contributed by atoms with E-state index in [9.17, 15) is 13.2 Å². The van der Waals surface area contributed by atoms with E-state index in [1.807, 2.05) is 19.1 Å². The third kappa shape index (κ3) is 5.53. The number of nitrogens with one attached hydrogen (secondary N) is 1. The molecule has 27 heavy (non-hydrogen) atoms. The molecule has 2 aliphatic heterocycles. The zero-order chi connectivity index (χ0) is 19.3. The maximum Gasteiger partial charge on any atom is 0.243 e. The second-order valence-electron chi connectivity index (χ2n) is 7.76. The van der Waals surface area contributed by atoms with Crippen molar-refractivity contribution in [2.75, 3.05) is 39.3 Å². The van der Waals surface area contributed by atoms with E-state index in [1.54, 1.807) is 16.4 Å². The first-order valence-corrected chi connectivity index (χ1v) is 11.4. The minimum Gasteiger partial charge on any atom is -0.355 e. The molecule has 0 spiro atoms. The third-order valence-corrected chi connectivity index (χ3v) is 7.57. The summed E-state index contributed by atoms with van der Waals surface area (Å²) in [5.74, 6) is 0.357. The van der Waals surface area contributed by atoms with Gasteiger partial charge in [-0.05, 0) is 63.7 Å². The quantitative estimate of drug-likeness (QED) is 0.769. The Bertz CT molecular complexity index is 719. The molecule has 150 valence electrons. The van der Waals surface area contributed by atoms with Crippen molar-refractivity contribution < 1.29 is 13.2 Å². The number of piperidine rings is 1. The van der Waals surface area contributed by atoms with Crippen LogP contribution in [0.3, 0.4) is 0 Å². The monoisotopic (exact) mass is 393 g/mol. The Labute approximate surface area is 163 Å². The lowest BCUT2D eigenvalue weighted by Crippen LogP contribution is -2.40. The summed E-state index contributed by atoms with van der Waals surface area (Å²) < 4.78 is 27.0. The van der Waals surface area contributed by atoms with E-state index in [2.05, 4.69) is 10.2 Å². The Kier molecular flexibility index (Phi) is 6.89. The van der Waals surface area contributed by atoms with E-state index in [-0.39, 0.29) is 11.8 Å². The smallest absolute Gasteiger partial charge is 0.243 e. The Morgan fingerprint density at radius 3 is 2.33 bits per heavy atom. The van der Waals surface area contributed by atoms with Gasteiger partial charge < -0.3 is 10.2 Å². The predicted molar refractivity (Wildman–Crippen MR) is 106 cm³/mol. The largest absolute Gasteiger partial charge is 0.355 e. The number of sulfonamides is 1. The minimum atomic E-state index is -3.43. The van der Waals surface area contributed by atoms with Crippen LogP contribution in [0.15, 0.2) is 29.2 Å². The lowest BCUT2D eigenvalue weighted by atomic mass is 9.94. The number of amides is 1. The first-order chi connectivity index (χ1) is 12.9. The molecule has 6 nitrogen and oxygen atoms in total. The predicted octanol–water partition coefficient (Wildman–Crippen LogP) is 2.00. The van der Waals surface area contributed by atoms with Gasteiger partial charge in [0.15, 0.2) is 0 Å². The number of hydrogen-bond acceptors (Lipinski definition) is 4. The maximum absolute atomic E-state index is 12.7. The molecule has 0 unspecified atom stereocenters. The molecular weight excluding hydrogens is 362 g/mol. The normalized spacial score (nSPS) is 20.0. The summed E-state index contributed by atoms with van der Waals surface area (Å²) in [4.78, 5) is 14.9. The van der Waals surface area contributed by atoms with Crippen molar-refractivity contribution in [3.05, 3.63) is 29.8 Å². The van der Waals surface area contributed by atoms with Crippen LogP contribution < -0.4 is 5.32 Å². The van der Waals surface area contributed by atoms with Crippen LogP contribution in [-0.2, 0) is 14.8 Å². The van der Waals surface area contributed by atoms with Gasteiger partial charge in [0.2, 0.25) is 15.9 Å². The second-order valence-corrected chi connectivity index (χ2v) is 9.70. The Morgan fingerprint density at radius 1 is 1.07 bits per heavy atom. The summed E-state index contributed by atoms with van der Waals surface area (Å²) >= 11 is 0. The molecule has 0 atom stereocenters. The maximum atomic E-state index is 12.7. The van der Waals surface area contributed by atoms with Crippen LogP contribution in [0.4, 0.5) is 0 Å². The summed E-state index contributed by atoms with van der Waals surface area (Å²) in [6.07, 6.45) is 4.50. The van der Waals surface area contributed by atoms with Gasteiger partial charge in [0.1, 0.15) is 0 Å². The van der Waals surface area contributed by atoms with Gasteiger partial charge in [-0.3, -0.25) is 4.79 Å². The average molecular weight is 394 g/mol. The van der Waals surface area contributed by atoms with E-state index in [0.29, 0.717) is 31.0 Å². The van der Waals surface area contributed by atoms with Gasteiger partial charge in [0, 0.05) is 32.6 Å². The van der Waals surface area contributed by atoms with Crippen molar-refractivity contribution in [1.82, 2.24) is 14.5 Å². The number of hydrogen-bond donors (Lipinski definition) is 1. The Hall–Kier alpha value is -1.44. The molecule has 1 aromatic carbocycles. The van der Waals surface area contributed by atoms with E-state index < -0.39 is 10.0 Å². The number of nitrogens with zero attached hydrogens (tertiary/aromatic N) is 2. The van der Waals surface area contributed by atoms with Crippen LogP contribution in [0.25, 0.3) is 0 Å². The number of benzene rings is 1. The van der Waals surface area contributed by atoms with Crippen LogP contribution in [0.2, 0.25) is 0 Å². The van der Waals surface area contributed by atoms with Crippen molar-refractivity contribution in [3.8, 4) is 0 Å². The Morgan fingerprint density at radius 2 is 1.70 bits per heavy atom. The van der Waals surface area contributed by atoms with Gasteiger partial charge in [0.25, 0.3) is 0 Å². The molecule has 0 saturated carbocycles. The Balaban J connectivity index is 1.41. The van der Waals surface area contributed by atoms with Crippen molar-refractivity contribution in [2.24, 2.45) is 5.92 Å². The highest BCUT2D eigenvalue weighted by molar-refractivity contribution is 7.89. The third-order valence-electron chi connectivity index (χ3n) is 5.66. The van der Waals surface area contributed by atoms with Crippen molar-refractivity contribution in [2.45, 2.75) is 43.9 Å². The minimum absolute atomic E-state index is 0.0917. The van der Waals surface area contributed by atoms with Crippen LogP contribution in [-0.4, -0.2) is 62.8 Å². The summed E-state index contributed by atoms with van der Waals surface area (Å²) in [5.41, 5.74) is 1.04. The SMILES string of the molecule is Cc1ccc(S(=O)(=O)N2CCC(CC(=O)NCCN3CCCC3)CC2)cc1. The van der Waals surface area contributed by atoms with Gasteiger partial charge in [-0.25, -0.2) is 8.42 Å². The molecule has 3 rings (SSSR count). The standard InChI is InChI=1S/C20H31N3O3S/c1-17-4-6-19(7-5-17)27(25,26)23-13-8-18(9-14-23)16-20(24)21-10-15-22-11-2-3-12-22/h4-7,18H,2-3,8-16H2,1H3,(H,21,24). The molecule has 2 heterocycles. The second kappa shape index (κ2) is 9.17. The van der Waals surface area contributed by atoms with Crippen LogP contribution >= 0.6 is 0 Å². The molecule has 0 radical (unpaired) electrons. The fourth-order valence-electron chi connectivity index (χ4n) is 3.91. The van der Waals surface area contributed by atoms with Gasteiger partial charge >= 0.3 is 0 Å². The van der Waals surface area contributed by atoms with Gasteiger partial charge in [0.05, 0.1) is 4.90 Å². The molecular formula is C20H31N3O3S. The number of likely N-dealkylation sites (tertiary alicyclic amines) is 1.